The van der Waals surface area contributed by atoms with Crippen LogP contribution in [0.15, 0.2) is 47.6 Å². The van der Waals surface area contributed by atoms with Crippen molar-refractivity contribution in [2.75, 3.05) is 19.0 Å². The average Bonchev–Trinajstić information content (AvgIpc) is 3.21. The molecule has 1 heterocycles. The molecule has 1 aromatic heterocycles. The normalized spacial score (nSPS) is 10.6. The fraction of sp³-hybridized carbons (Fsp3) is 0.158. The minimum absolute atomic E-state index is 0.0720. The zero-order valence-corrected chi connectivity index (χ0v) is 16.6. The van der Waals surface area contributed by atoms with E-state index >= 15 is 0 Å². The number of tetrazole rings is 1. The molecule has 3 aromatic rings. The first-order valence-electron chi connectivity index (χ1n) is 8.94. The number of rotatable bonds is 7. The number of nitrogens with one attached hydrogen (secondary N) is 1. The van der Waals surface area contributed by atoms with Crippen LogP contribution in [0.3, 0.4) is 0 Å². The van der Waals surface area contributed by atoms with Crippen molar-refractivity contribution in [3.63, 3.8) is 0 Å². The highest BCUT2D eigenvalue weighted by atomic mass is 16.6. The number of anilines is 1. The molecular weight excluding hydrogens is 402 g/mol. The Morgan fingerprint density at radius 1 is 1.35 bits per heavy atom. The van der Waals surface area contributed by atoms with Crippen LogP contribution in [0.1, 0.15) is 11.1 Å². The Hall–Kier alpha value is -4.66. The van der Waals surface area contributed by atoms with Gasteiger partial charge in [0.05, 0.1) is 22.8 Å². The molecule has 1 N–H and O–H groups in total. The number of nitro groups is 1. The number of carbonyl (C=O) groups is 1. The second kappa shape index (κ2) is 9.23. The molecule has 2 aromatic carbocycles. The minimum Gasteiger partial charge on any atom is -0.372 e. The van der Waals surface area contributed by atoms with E-state index in [0.717, 1.165) is 4.80 Å². The number of carbonyl (C=O) groups excluding carboxylic acids is 1. The van der Waals surface area contributed by atoms with Gasteiger partial charge in [0, 0.05) is 31.3 Å². The molecule has 0 bridgehead atoms. The Labute approximate surface area is 176 Å². The van der Waals surface area contributed by atoms with E-state index in [0.29, 0.717) is 22.4 Å². The maximum Gasteiger partial charge on any atom is 0.293 e. The summed E-state index contributed by atoms with van der Waals surface area (Å²) in [5.74, 6) is -0.296. The summed E-state index contributed by atoms with van der Waals surface area (Å²) in [6, 6.07) is 13.4. The van der Waals surface area contributed by atoms with E-state index in [1.54, 1.807) is 55.4 Å². The molecule has 0 saturated heterocycles. The maximum absolute atomic E-state index is 12.1. The van der Waals surface area contributed by atoms with Crippen molar-refractivity contribution in [2.45, 2.75) is 6.54 Å². The third-order valence-electron chi connectivity index (χ3n) is 4.11. The van der Waals surface area contributed by atoms with Gasteiger partial charge in [-0.3, -0.25) is 14.9 Å². The Balaban J connectivity index is 1.64. The summed E-state index contributed by atoms with van der Waals surface area (Å²) in [6.07, 6.45) is 1.30. The van der Waals surface area contributed by atoms with Gasteiger partial charge in [0.15, 0.2) is 0 Å². The summed E-state index contributed by atoms with van der Waals surface area (Å²) in [7, 11) is 3.41. The molecule has 0 spiro atoms. The van der Waals surface area contributed by atoms with E-state index in [-0.39, 0.29) is 18.1 Å². The van der Waals surface area contributed by atoms with Crippen LogP contribution in [0, 0.1) is 21.4 Å². The van der Waals surface area contributed by atoms with Crippen LogP contribution in [-0.4, -0.2) is 51.3 Å². The van der Waals surface area contributed by atoms with Gasteiger partial charge in [0.25, 0.3) is 11.6 Å². The number of amides is 1. The lowest BCUT2D eigenvalue weighted by atomic mass is 10.1. The lowest BCUT2D eigenvalue weighted by Crippen LogP contribution is -2.24. The van der Waals surface area contributed by atoms with Crippen LogP contribution in [-0.2, 0) is 11.3 Å². The summed E-state index contributed by atoms with van der Waals surface area (Å²) < 4.78 is 0. The third-order valence-corrected chi connectivity index (χ3v) is 4.11. The monoisotopic (exact) mass is 419 g/mol. The van der Waals surface area contributed by atoms with Crippen LogP contribution in [0.2, 0.25) is 0 Å². The first-order valence-corrected chi connectivity index (χ1v) is 8.94. The van der Waals surface area contributed by atoms with Gasteiger partial charge in [0.2, 0.25) is 5.82 Å². The van der Waals surface area contributed by atoms with Crippen molar-refractivity contribution < 1.29 is 9.72 Å². The zero-order chi connectivity index (χ0) is 22.4. The predicted octanol–water partition coefficient (Wildman–Crippen LogP) is 1.34. The van der Waals surface area contributed by atoms with Gasteiger partial charge in [-0.15, -0.1) is 10.2 Å². The topological polar surface area (TPSA) is 155 Å². The van der Waals surface area contributed by atoms with E-state index in [1.807, 2.05) is 6.07 Å². The number of nitriles is 1. The molecule has 0 fully saturated rings. The van der Waals surface area contributed by atoms with Gasteiger partial charge in [-0.2, -0.15) is 15.2 Å². The molecule has 0 saturated carbocycles. The lowest BCUT2D eigenvalue weighted by molar-refractivity contribution is -0.384. The Morgan fingerprint density at radius 2 is 2.13 bits per heavy atom. The third kappa shape index (κ3) is 5.04. The first-order chi connectivity index (χ1) is 14.9. The van der Waals surface area contributed by atoms with Gasteiger partial charge in [0.1, 0.15) is 12.2 Å². The van der Waals surface area contributed by atoms with Gasteiger partial charge in [-0.1, -0.05) is 18.2 Å². The maximum atomic E-state index is 12.1. The Bertz CT molecular complexity index is 1190. The summed E-state index contributed by atoms with van der Waals surface area (Å²) in [5.41, 5.74) is 4.05. The highest BCUT2D eigenvalue weighted by molar-refractivity contribution is 5.84. The molecule has 0 aliphatic carbocycles. The number of aromatic nitrogens is 4. The second-order valence-electron chi connectivity index (χ2n) is 6.49. The van der Waals surface area contributed by atoms with Crippen LogP contribution < -0.4 is 10.3 Å². The highest BCUT2D eigenvalue weighted by Crippen LogP contribution is 2.27. The SMILES string of the molecule is CN(C)c1ccc(/C=N\NC(=O)Cn2nnc(-c3ccccc3C#N)n2)cc1[N+](=O)[O-]. The van der Waals surface area contributed by atoms with Gasteiger partial charge < -0.3 is 4.90 Å². The number of hydrogen-bond acceptors (Lipinski definition) is 9. The van der Waals surface area contributed by atoms with Crippen molar-refractivity contribution in [3.05, 3.63) is 63.7 Å². The smallest absolute Gasteiger partial charge is 0.293 e. The van der Waals surface area contributed by atoms with Gasteiger partial charge >= 0.3 is 0 Å². The Morgan fingerprint density at radius 3 is 2.84 bits per heavy atom. The molecule has 156 valence electrons. The standard InChI is InChI=1S/C19H17N9O3/c1-26(2)16-8-7-13(9-17(16)28(30)31)11-21-22-18(29)12-27-24-19(23-25-27)15-6-4-3-5-14(15)10-20/h3-9,11H,12H2,1-2H3,(H,22,29)/b21-11-. The first kappa shape index (κ1) is 21.1. The van der Waals surface area contributed by atoms with Gasteiger partial charge in [-0.25, -0.2) is 5.43 Å². The van der Waals surface area contributed by atoms with Crippen molar-refractivity contribution in [2.24, 2.45) is 5.10 Å². The number of hydrazone groups is 1. The lowest BCUT2D eigenvalue weighted by Gasteiger charge is -2.12. The van der Waals surface area contributed by atoms with Gasteiger partial charge in [-0.05, 0) is 23.4 Å². The molecule has 0 radical (unpaired) electrons. The van der Waals surface area contributed by atoms with Crippen molar-refractivity contribution in [1.82, 2.24) is 25.6 Å². The molecule has 31 heavy (non-hydrogen) atoms. The largest absolute Gasteiger partial charge is 0.372 e. The molecule has 0 aliphatic rings. The Kier molecular flexibility index (Phi) is 6.27. The number of nitro benzene ring substituents is 1. The van der Waals surface area contributed by atoms with Crippen LogP contribution in [0.25, 0.3) is 11.4 Å². The zero-order valence-electron chi connectivity index (χ0n) is 16.6. The molecule has 1 amide bonds. The van der Waals surface area contributed by atoms with E-state index in [2.05, 4.69) is 25.9 Å². The quantitative estimate of drug-likeness (QED) is 0.342. The van der Waals surface area contributed by atoms with Crippen molar-refractivity contribution in [3.8, 4) is 17.5 Å². The summed E-state index contributed by atoms with van der Waals surface area (Å²) in [4.78, 5) is 25.5. The van der Waals surface area contributed by atoms with Crippen molar-refractivity contribution >= 4 is 23.5 Å². The molecule has 12 nitrogen and oxygen atoms in total. The molecule has 0 atom stereocenters. The predicted molar refractivity (Wildman–Crippen MR) is 111 cm³/mol. The van der Waals surface area contributed by atoms with E-state index in [4.69, 9.17) is 5.26 Å². The number of nitrogens with zero attached hydrogens (tertiary/aromatic N) is 8. The van der Waals surface area contributed by atoms with Crippen LogP contribution in [0.5, 0.6) is 0 Å². The second-order valence-corrected chi connectivity index (χ2v) is 6.49. The number of hydrogen-bond donors (Lipinski definition) is 1. The van der Waals surface area contributed by atoms with Crippen molar-refractivity contribution in [1.29, 1.82) is 5.26 Å². The molecular formula is C19H17N9O3. The van der Waals surface area contributed by atoms with E-state index in [1.165, 1.54) is 12.3 Å². The van der Waals surface area contributed by atoms with E-state index < -0.39 is 10.8 Å². The summed E-state index contributed by atoms with van der Waals surface area (Å²) in [5, 5.41) is 36.0. The highest BCUT2D eigenvalue weighted by Gasteiger charge is 2.16. The minimum atomic E-state index is -0.520. The molecule has 12 heteroatoms. The van der Waals surface area contributed by atoms with Crippen LogP contribution >= 0.6 is 0 Å². The van der Waals surface area contributed by atoms with Crippen LogP contribution in [0.4, 0.5) is 11.4 Å². The molecule has 0 aliphatic heterocycles. The fourth-order valence-corrected chi connectivity index (χ4v) is 2.68. The summed E-state index contributed by atoms with van der Waals surface area (Å²) in [6.45, 7) is -0.251. The molecule has 3 rings (SSSR count). The molecule has 0 unspecified atom stereocenters. The van der Waals surface area contributed by atoms with E-state index in [9.17, 15) is 14.9 Å². The fourth-order valence-electron chi connectivity index (χ4n) is 2.68. The average molecular weight is 419 g/mol. The summed E-state index contributed by atoms with van der Waals surface area (Å²) >= 11 is 0. The number of benzene rings is 2.